The van der Waals surface area contributed by atoms with Gasteiger partial charge in [0, 0.05) is 24.8 Å². The Morgan fingerprint density at radius 1 is 1.14 bits per heavy atom. The van der Waals surface area contributed by atoms with E-state index in [1.54, 1.807) is 4.31 Å². The molecule has 1 aromatic rings. The van der Waals surface area contributed by atoms with E-state index in [4.69, 9.17) is 0 Å². The smallest absolute Gasteiger partial charge is 0.243 e. The van der Waals surface area contributed by atoms with Crippen LogP contribution in [0.2, 0.25) is 0 Å². The molecule has 0 fully saturated rings. The van der Waals surface area contributed by atoms with Gasteiger partial charge in [-0.1, -0.05) is 6.92 Å². The van der Waals surface area contributed by atoms with Crippen molar-refractivity contribution < 1.29 is 8.42 Å². The number of aryl methyl sites for hydroxylation is 2. The van der Waals surface area contributed by atoms with Gasteiger partial charge in [0.25, 0.3) is 0 Å². The van der Waals surface area contributed by atoms with Gasteiger partial charge in [0.2, 0.25) is 10.0 Å². The Hall–Kier alpha value is -1.07. The van der Waals surface area contributed by atoms with Crippen molar-refractivity contribution in [2.24, 2.45) is 0 Å². The van der Waals surface area contributed by atoms with Crippen LogP contribution < -0.4 is 5.32 Å². The van der Waals surface area contributed by atoms with Gasteiger partial charge >= 0.3 is 0 Å². The van der Waals surface area contributed by atoms with Gasteiger partial charge in [-0.25, -0.2) is 8.42 Å². The lowest BCUT2D eigenvalue weighted by molar-refractivity contribution is 0.353. The summed E-state index contributed by atoms with van der Waals surface area (Å²) in [5, 5.41) is 3.24. The second-order valence-corrected chi connectivity index (χ2v) is 7.51. The largest absolute Gasteiger partial charge is 0.385 e. The minimum absolute atomic E-state index is 0.0396. The molecule has 0 aromatic heterocycles. The maximum Gasteiger partial charge on any atom is 0.243 e. The summed E-state index contributed by atoms with van der Waals surface area (Å²) in [6, 6.07) is 3.78. The first-order valence-electron chi connectivity index (χ1n) is 7.62. The van der Waals surface area contributed by atoms with E-state index < -0.39 is 10.0 Å². The zero-order valence-corrected chi connectivity index (χ0v) is 14.8. The molecule has 0 spiro atoms. The zero-order valence-electron chi connectivity index (χ0n) is 14.0. The molecule has 1 rings (SSSR count). The summed E-state index contributed by atoms with van der Waals surface area (Å²) in [5.74, 6) is 0. The molecule has 0 aliphatic carbocycles. The molecule has 0 unspecified atom stereocenters. The summed E-state index contributed by atoms with van der Waals surface area (Å²) >= 11 is 0. The van der Waals surface area contributed by atoms with E-state index in [1.807, 2.05) is 53.7 Å². The molecular formula is C16H28N2O2S. The fraction of sp³-hybridized carbons (Fsp3) is 0.625. The molecule has 0 amide bonds. The highest BCUT2D eigenvalue weighted by Gasteiger charge is 2.29. The number of rotatable bonds is 7. The standard InChI is InChI=1S/C16H28N2O2S/c1-7-9-18(12(3)4)21(19,20)16-13(5)10-15(17-8-2)11-14(16)6/h10-12,17H,7-9H2,1-6H3. The lowest BCUT2D eigenvalue weighted by Gasteiger charge is -2.27. The van der Waals surface area contributed by atoms with E-state index in [0.29, 0.717) is 11.4 Å². The fourth-order valence-corrected chi connectivity index (χ4v) is 4.80. The van der Waals surface area contributed by atoms with Gasteiger partial charge in [0.1, 0.15) is 0 Å². The van der Waals surface area contributed by atoms with Crippen molar-refractivity contribution in [3.05, 3.63) is 23.3 Å². The molecule has 4 nitrogen and oxygen atoms in total. The predicted octanol–water partition coefficient (Wildman–Crippen LogP) is 3.54. The van der Waals surface area contributed by atoms with Crippen LogP contribution in [0, 0.1) is 13.8 Å². The topological polar surface area (TPSA) is 49.4 Å². The SMILES string of the molecule is CCCN(C(C)C)S(=O)(=O)c1c(C)cc(NCC)cc1C. The first kappa shape index (κ1) is 18.0. The number of nitrogens with zero attached hydrogens (tertiary/aromatic N) is 1. The lowest BCUT2D eigenvalue weighted by Crippen LogP contribution is -2.38. The molecule has 21 heavy (non-hydrogen) atoms. The molecule has 0 atom stereocenters. The van der Waals surface area contributed by atoms with Gasteiger partial charge < -0.3 is 5.32 Å². The number of hydrogen-bond acceptors (Lipinski definition) is 3. The molecule has 1 aromatic carbocycles. The van der Waals surface area contributed by atoms with Crippen LogP contribution in [0.4, 0.5) is 5.69 Å². The molecule has 0 aliphatic rings. The van der Waals surface area contributed by atoms with Gasteiger partial charge in [-0.3, -0.25) is 0 Å². The summed E-state index contributed by atoms with van der Waals surface area (Å²) in [6.07, 6.45) is 0.810. The molecule has 5 heteroatoms. The van der Waals surface area contributed by atoms with Crippen molar-refractivity contribution in [2.75, 3.05) is 18.4 Å². The average Bonchev–Trinajstić information content (AvgIpc) is 2.34. The quantitative estimate of drug-likeness (QED) is 0.837. The van der Waals surface area contributed by atoms with Crippen LogP contribution in [-0.2, 0) is 10.0 Å². The van der Waals surface area contributed by atoms with Crippen LogP contribution >= 0.6 is 0 Å². The fourth-order valence-electron chi connectivity index (χ4n) is 2.66. The molecule has 1 N–H and O–H groups in total. The second-order valence-electron chi connectivity index (χ2n) is 5.68. The van der Waals surface area contributed by atoms with Crippen molar-refractivity contribution in [2.45, 2.75) is 58.9 Å². The Morgan fingerprint density at radius 2 is 1.67 bits per heavy atom. The summed E-state index contributed by atoms with van der Waals surface area (Å²) < 4.78 is 27.6. The van der Waals surface area contributed by atoms with Crippen molar-refractivity contribution in [3.8, 4) is 0 Å². The maximum absolute atomic E-state index is 13.0. The number of nitrogens with one attached hydrogen (secondary N) is 1. The number of anilines is 1. The summed E-state index contributed by atoms with van der Waals surface area (Å²) in [6.45, 7) is 13.0. The summed E-state index contributed by atoms with van der Waals surface area (Å²) in [4.78, 5) is 0.450. The molecule has 0 aliphatic heterocycles. The minimum atomic E-state index is -3.45. The van der Waals surface area contributed by atoms with E-state index in [0.717, 1.165) is 29.8 Å². The molecule has 0 radical (unpaired) electrons. The van der Waals surface area contributed by atoms with Crippen LogP contribution in [0.3, 0.4) is 0 Å². The second kappa shape index (κ2) is 7.27. The Balaban J connectivity index is 3.37. The number of hydrogen-bond donors (Lipinski definition) is 1. The van der Waals surface area contributed by atoms with Gasteiger partial charge in [0.05, 0.1) is 4.90 Å². The Labute approximate surface area is 129 Å². The molecule has 0 saturated heterocycles. The van der Waals surface area contributed by atoms with Gasteiger partial charge in [-0.15, -0.1) is 0 Å². The van der Waals surface area contributed by atoms with E-state index in [1.165, 1.54) is 0 Å². The lowest BCUT2D eigenvalue weighted by atomic mass is 10.1. The van der Waals surface area contributed by atoms with E-state index >= 15 is 0 Å². The van der Waals surface area contributed by atoms with Crippen molar-refractivity contribution in [1.82, 2.24) is 4.31 Å². The third-order valence-corrected chi connectivity index (χ3v) is 5.81. The first-order chi connectivity index (χ1) is 9.75. The summed E-state index contributed by atoms with van der Waals surface area (Å²) in [7, 11) is -3.45. The molecule has 0 bridgehead atoms. The Morgan fingerprint density at radius 3 is 2.05 bits per heavy atom. The third kappa shape index (κ3) is 3.98. The van der Waals surface area contributed by atoms with Crippen LogP contribution in [0.5, 0.6) is 0 Å². The molecular weight excluding hydrogens is 284 g/mol. The predicted molar refractivity (Wildman–Crippen MR) is 89.4 cm³/mol. The van der Waals surface area contributed by atoms with Crippen LogP contribution in [-0.4, -0.2) is 31.9 Å². The Kier molecular flexibility index (Phi) is 6.23. The molecule has 0 heterocycles. The number of benzene rings is 1. The van der Waals surface area contributed by atoms with Crippen LogP contribution in [0.1, 0.15) is 45.2 Å². The van der Waals surface area contributed by atoms with Gasteiger partial charge in [-0.05, 0) is 64.3 Å². The monoisotopic (exact) mass is 312 g/mol. The highest BCUT2D eigenvalue weighted by atomic mass is 32.2. The van der Waals surface area contributed by atoms with Crippen LogP contribution in [0.25, 0.3) is 0 Å². The van der Waals surface area contributed by atoms with E-state index in [9.17, 15) is 8.42 Å². The highest BCUT2D eigenvalue weighted by Crippen LogP contribution is 2.28. The number of sulfonamides is 1. The maximum atomic E-state index is 13.0. The van der Waals surface area contributed by atoms with Crippen LogP contribution in [0.15, 0.2) is 17.0 Å². The normalized spacial score (nSPS) is 12.2. The minimum Gasteiger partial charge on any atom is -0.385 e. The van der Waals surface area contributed by atoms with E-state index in [2.05, 4.69) is 5.32 Å². The first-order valence-corrected chi connectivity index (χ1v) is 9.06. The Bertz CT molecular complexity index is 557. The zero-order chi connectivity index (χ0) is 16.2. The molecule has 0 saturated carbocycles. The van der Waals surface area contributed by atoms with E-state index in [-0.39, 0.29) is 6.04 Å². The van der Waals surface area contributed by atoms with Crippen molar-refractivity contribution >= 4 is 15.7 Å². The summed E-state index contributed by atoms with van der Waals surface area (Å²) in [5.41, 5.74) is 2.57. The molecule has 120 valence electrons. The average molecular weight is 312 g/mol. The highest BCUT2D eigenvalue weighted by molar-refractivity contribution is 7.89. The van der Waals surface area contributed by atoms with Crippen molar-refractivity contribution in [3.63, 3.8) is 0 Å². The van der Waals surface area contributed by atoms with Gasteiger partial charge in [0.15, 0.2) is 0 Å². The van der Waals surface area contributed by atoms with Crippen molar-refractivity contribution in [1.29, 1.82) is 0 Å². The van der Waals surface area contributed by atoms with Gasteiger partial charge in [-0.2, -0.15) is 4.31 Å². The third-order valence-electron chi connectivity index (χ3n) is 3.43.